The van der Waals surface area contributed by atoms with E-state index in [0.717, 1.165) is 29.9 Å². The van der Waals surface area contributed by atoms with Crippen LogP contribution in [0, 0.1) is 0 Å². The van der Waals surface area contributed by atoms with Gasteiger partial charge in [-0.15, -0.1) is 0 Å². The predicted octanol–water partition coefficient (Wildman–Crippen LogP) is 1.63. The van der Waals surface area contributed by atoms with E-state index in [4.69, 9.17) is 17.3 Å². The van der Waals surface area contributed by atoms with E-state index in [2.05, 4.69) is 14.3 Å². The molecule has 2 heterocycles. The molecular formula is C17H18ClN5O2S. The zero-order chi connectivity index (χ0) is 18.3. The zero-order valence-corrected chi connectivity index (χ0v) is 15.5. The predicted molar refractivity (Wildman–Crippen MR) is 99.0 cm³/mol. The summed E-state index contributed by atoms with van der Waals surface area (Å²) in [5.41, 5.74) is 6.37. The molecule has 2 aromatic rings. The highest BCUT2D eigenvalue weighted by Gasteiger charge is 2.41. The molecule has 0 radical (unpaired) electrons. The molecule has 2 aliphatic rings. The maximum atomic E-state index is 12.8. The lowest BCUT2D eigenvalue weighted by molar-refractivity contribution is -0.125. The first-order valence-corrected chi connectivity index (χ1v) is 9.62. The number of aromatic nitrogens is 2. The van der Waals surface area contributed by atoms with Crippen LogP contribution in [0.5, 0.6) is 0 Å². The summed E-state index contributed by atoms with van der Waals surface area (Å²) in [5, 5.41) is 0.948. The van der Waals surface area contributed by atoms with Crippen molar-refractivity contribution in [3.05, 3.63) is 34.3 Å². The van der Waals surface area contributed by atoms with Crippen LogP contribution in [0.2, 0.25) is 5.02 Å². The molecular weight excluding hydrogens is 374 g/mol. The van der Waals surface area contributed by atoms with Crippen molar-refractivity contribution in [2.24, 2.45) is 5.73 Å². The fraction of sp³-hybridized carbons (Fsp3) is 0.412. The van der Waals surface area contributed by atoms with Crippen LogP contribution in [-0.2, 0) is 4.79 Å². The number of hydrogen-bond donors (Lipinski definition) is 1. The number of carbonyl (C=O) groups is 2. The van der Waals surface area contributed by atoms with Gasteiger partial charge in [0.1, 0.15) is 6.04 Å². The highest BCUT2D eigenvalue weighted by molar-refractivity contribution is 7.07. The maximum Gasteiger partial charge on any atom is 0.284 e. The van der Waals surface area contributed by atoms with E-state index >= 15 is 0 Å². The van der Waals surface area contributed by atoms with Crippen molar-refractivity contribution in [1.29, 1.82) is 0 Å². The molecule has 136 valence electrons. The Morgan fingerprint density at radius 1 is 1.19 bits per heavy atom. The van der Waals surface area contributed by atoms with Crippen LogP contribution in [0.4, 0.5) is 0 Å². The van der Waals surface area contributed by atoms with Crippen LogP contribution in [0.25, 0.3) is 11.4 Å². The standard InChI is InChI=1S/C17H18ClN5O2S/c18-11-3-1-10(2-4-11)15-20-16(26-21-15)17(25)22-7-8-23(12-5-6-12)13(9-22)14(19)24/h1-4,12-13H,5-9H2,(H2,19,24). The molecule has 2 fully saturated rings. The van der Waals surface area contributed by atoms with Crippen molar-refractivity contribution < 1.29 is 9.59 Å². The van der Waals surface area contributed by atoms with Crippen LogP contribution in [0.15, 0.2) is 24.3 Å². The van der Waals surface area contributed by atoms with Crippen LogP contribution < -0.4 is 5.73 Å². The second-order valence-corrected chi connectivity index (χ2v) is 7.76. The van der Waals surface area contributed by atoms with Gasteiger partial charge in [0, 0.05) is 36.3 Å². The van der Waals surface area contributed by atoms with E-state index in [9.17, 15) is 9.59 Å². The third-order valence-electron chi connectivity index (χ3n) is 4.76. The number of carbonyl (C=O) groups excluding carboxylic acids is 2. The Bertz CT molecular complexity index is 836. The first kappa shape index (κ1) is 17.4. The van der Waals surface area contributed by atoms with E-state index in [-0.39, 0.29) is 11.8 Å². The molecule has 1 atom stereocenters. The molecule has 0 spiro atoms. The van der Waals surface area contributed by atoms with Gasteiger partial charge < -0.3 is 10.6 Å². The van der Waals surface area contributed by atoms with Crippen molar-refractivity contribution in [2.75, 3.05) is 19.6 Å². The van der Waals surface area contributed by atoms with Gasteiger partial charge >= 0.3 is 0 Å². The lowest BCUT2D eigenvalue weighted by Crippen LogP contribution is -2.59. The largest absolute Gasteiger partial charge is 0.368 e. The molecule has 9 heteroatoms. The van der Waals surface area contributed by atoms with Crippen molar-refractivity contribution in [3.63, 3.8) is 0 Å². The lowest BCUT2D eigenvalue weighted by atomic mass is 10.1. The number of primary amides is 1. The van der Waals surface area contributed by atoms with Gasteiger partial charge in [0.2, 0.25) is 10.9 Å². The Balaban J connectivity index is 1.49. The first-order chi connectivity index (χ1) is 12.5. The van der Waals surface area contributed by atoms with Gasteiger partial charge in [0.25, 0.3) is 5.91 Å². The minimum atomic E-state index is -0.427. The average Bonchev–Trinajstić information content (AvgIpc) is 3.38. The fourth-order valence-corrected chi connectivity index (χ4v) is 4.02. The number of rotatable bonds is 4. The van der Waals surface area contributed by atoms with Crippen molar-refractivity contribution in [1.82, 2.24) is 19.2 Å². The molecule has 1 saturated heterocycles. The number of benzene rings is 1. The fourth-order valence-electron chi connectivity index (χ4n) is 3.24. The molecule has 2 amide bonds. The summed E-state index contributed by atoms with van der Waals surface area (Å²) < 4.78 is 4.28. The third-order valence-corrected chi connectivity index (χ3v) is 5.72. The highest BCUT2D eigenvalue weighted by Crippen LogP contribution is 2.30. The topological polar surface area (TPSA) is 92.4 Å². The average molecular weight is 392 g/mol. The smallest absolute Gasteiger partial charge is 0.284 e. The van der Waals surface area contributed by atoms with E-state index in [1.165, 1.54) is 0 Å². The maximum absolute atomic E-state index is 12.8. The van der Waals surface area contributed by atoms with Crippen LogP contribution in [-0.4, -0.2) is 62.7 Å². The zero-order valence-electron chi connectivity index (χ0n) is 14.0. The summed E-state index contributed by atoms with van der Waals surface area (Å²) >= 11 is 6.96. The molecule has 4 rings (SSSR count). The monoisotopic (exact) mass is 391 g/mol. The van der Waals surface area contributed by atoms with Gasteiger partial charge in [-0.25, -0.2) is 4.98 Å². The quantitative estimate of drug-likeness (QED) is 0.855. The number of halogens is 1. The molecule has 2 N–H and O–H groups in total. The number of nitrogens with two attached hydrogens (primary N) is 1. The van der Waals surface area contributed by atoms with Gasteiger partial charge in [-0.2, -0.15) is 4.37 Å². The summed E-state index contributed by atoms with van der Waals surface area (Å²) in [6, 6.07) is 7.15. The number of piperazine rings is 1. The summed E-state index contributed by atoms with van der Waals surface area (Å²) in [5.74, 6) is -0.0870. The Kier molecular flexibility index (Phi) is 4.64. The summed E-state index contributed by atoms with van der Waals surface area (Å²) in [7, 11) is 0. The van der Waals surface area contributed by atoms with E-state index in [1.807, 2.05) is 12.1 Å². The van der Waals surface area contributed by atoms with Crippen LogP contribution in [0.1, 0.15) is 22.6 Å². The van der Waals surface area contributed by atoms with Gasteiger partial charge in [0.05, 0.1) is 0 Å². The number of hydrogen-bond acceptors (Lipinski definition) is 6. The molecule has 1 aliphatic heterocycles. The molecule has 1 aromatic heterocycles. The second-order valence-electron chi connectivity index (χ2n) is 6.57. The number of amides is 2. The van der Waals surface area contributed by atoms with Crippen LogP contribution in [0.3, 0.4) is 0 Å². The van der Waals surface area contributed by atoms with E-state index < -0.39 is 6.04 Å². The van der Waals surface area contributed by atoms with E-state index in [0.29, 0.717) is 41.5 Å². The van der Waals surface area contributed by atoms with Crippen LogP contribution >= 0.6 is 23.1 Å². The first-order valence-electron chi connectivity index (χ1n) is 8.47. The lowest BCUT2D eigenvalue weighted by Gasteiger charge is -2.39. The number of nitrogens with zero attached hydrogens (tertiary/aromatic N) is 4. The van der Waals surface area contributed by atoms with Crippen molar-refractivity contribution in [2.45, 2.75) is 24.9 Å². The molecule has 26 heavy (non-hydrogen) atoms. The van der Waals surface area contributed by atoms with E-state index in [1.54, 1.807) is 17.0 Å². The Morgan fingerprint density at radius 3 is 2.58 bits per heavy atom. The third kappa shape index (κ3) is 3.44. The van der Waals surface area contributed by atoms with Gasteiger partial charge in [-0.1, -0.05) is 11.6 Å². The van der Waals surface area contributed by atoms with Gasteiger partial charge in [-0.05, 0) is 48.6 Å². The SMILES string of the molecule is NC(=O)C1CN(C(=O)c2nc(-c3ccc(Cl)cc3)ns2)CCN1C1CC1. The molecule has 1 saturated carbocycles. The Morgan fingerprint density at radius 2 is 1.92 bits per heavy atom. The molecule has 7 nitrogen and oxygen atoms in total. The Hall–Kier alpha value is -2.03. The molecule has 1 aliphatic carbocycles. The molecule has 1 unspecified atom stereocenters. The minimum absolute atomic E-state index is 0.204. The Labute approximate surface area is 159 Å². The minimum Gasteiger partial charge on any atom is -0.368 e. The summed E-state index contributed by atoms with van der Waals surface area (Å²) in [4.78, 5) is 32.8. The molecule has 1 aromatic carbocycles. The summed E-state index contributed by atoms with van der Waals surface area (Å²) in [6.07, 6.45) is 2.19. The molecule has 0 bridgehead atoms. The van der Waals surface area contributed by atoms with Crippen molar-refractivity contribution >= 4 is 34.9 Å². The van der Waals surface area contributed by atoms with Gasteiger partial charge in [0.15, 0.2) is 5.82 Å². The normalized spacial score (nSPS) is 21.0. The second kappa shape index (κ2) is 6.94. The highest BCUT2D eigenvalue weighted by atomic mass is 35.5. The van der Waals surface area contributed by atoms with Gasteiger partial charge in [-0.3, -0.25) is 14.5 Å². The summed E-state index contributed by atoms with van der Waals surface area (Å²) in [6.45, 7) is 1.53. The van der Waals surface area contributed by atoms with Crippen molar-refractivity contribution in [3.8, 4) is 11.4 Å².